The molecule has 3 heterocycles. The number of hydrogen-bond donors (Lipinski definition) is 0. The van der Waals surface area contributed by atoms with Crippen molar-refractivity contribution < 1.29 is 13.2 Å². The SMILES string of the molecule is Cc1cnc(-c2cnc3c(C4=CC(C(F)(F)F)=CCC4)ccnc3n2)c(Cl)c1. The third-order valence-corrected chi connectivity index (χ3v) is 4.74. The summed E-state index contributed by atoms with van der Waals surface area (Å²) < 4.78 is 39.2. The van der Waals surface area contributed by atoms with E-state index in [0.717, 1.165) is 5.56 Å². The van der Waals surface area contributed by atoms with Crippen LogP contribution in [0, 0.1) is 6.92 Å². The van der Waals surface area contributed by atoms with E-state index in [1.165, 1.54) is 24.5 Å². The van der Waals surface area contributed by atoms with Gasteiger partial charge in [0.1, 0.15) is 16.9 Å². The molecule has 0 saturated carbocycles. The molecule has 0 saturated heterocycles. The molecule has 28 heavy (non-hydrogen) atoms. The van der Waals surface area contributed by atoms with Gasteiger partial charge in [0.2, 0.25) is 0 Å². The fourth-order valence-electron chi connectivity index (χ4n) is 3.13. The molecule has 3 aromatic heterocycles. The fourth-order valence-corrected chi connectivity index (χ4v) is 3.45. The van der Waals surface area contributed by atoms with Gasteiger partial charge in [-0.3, -0.25) is 4.98 Å². The minimum absolute atomic E-state index is 0.318. The molecule has 3 aromatic rings. The molecule has 0 atom stereocenters. The van der Waals surface area contributed by atoms with Gasteiger partial charge >= 0.3 is 6.18 Å². The van der Waals surface area contributed by atoms with Crippen LogP contribution in [0.2, 0.25) is 5.02 Å². The smallest absolute Gasteiger partial charge is 0.253 e. The summed E-state index contributed by atoms with van der Waals surface area (Å²) in [6.45, 7) is 1.88. The van der Waals surface area contributed by atoms with Crippen molar-refractivity contribution in [1.29, 1.82) is 0 Å². The van der Waals surface area contributed by atoms with Crippen molar-refractivity contribution in [2.75, 3.05) is 0 Å². The molecule has 4 nitrogen and oxygen atoms in total. The Morgan fingerprint density at radius 3 is 2.68 bits per heavy atom. The second-order valence-electron chi connectivity index (χ2n) is 6.49. The Morgan fingerprint density at radius 1 is 1.11 bits per heavy atom. The second kappa shape index (κ2) is 6.98. The molecule has 0 spiro atoms. The van der Waals surface area contributed by atoms with Crippen LogP contribution in [-0.4, -0.2) is 26.1 Å². The Labute approximate surface area is 163 Å². The first-order valence-electron chi connectivity index (χ1n) is 8.55. The molecule has 0 fully saturated rings. The predicted molar refractivity (Wildman–Crippen MR) is 102 cm³/mol. The van der Waals surface area contributed by atoms with Crippen molar-refractivity contribution in [3.8, 4) is 11.4 Å². The number of allylic oxidation sites excluding steroid dienone is 4. The van der Waals surface area contributed by atoms with Crippen molar-refractivity contribution in [1.82, 2.24) is 19.9 Å². The second-order valence-corrected chi connectivity index (χ2v) is 6.90. The fraction of sp³-hybridized carbons (Fsp3) is 0.200. The van der Waals surface area contributed by atoms with Gasteiger partial charge in [-0.1, -0.05) is 17.7 Å². The number of aryl methyl sites for hydroxylation is 1. The first-order chi connectivity index (χ1) is 13.3. The lowest BCUT2D eigenvalue weighted by Gasteiger charge is -2.17. The van der Waals surface area contributed by atoms with Crippen molar-refractivity contribution >= 4 is 28.3 Å². The zero-order chi connectivity index (χ0) is 19.9. The summed E-state index contributed by atoms with van der Waals surface area (Å²) in [6.07, 6.45) is 3.53. The van der Waals surface area contributed by atoms with Gasteiger partial charge < -0.3 is 0 Å². The van der Waals surface area contributed by atoms with Gasteiger partial charge in [0.05, 0.1) is 16.8 Å². The molecule has 0 radical (unpaired) electrons. The van der Waals surface area contributed by atoms with Gasteiger partial charge in [0.25, 0.3) is 0 Å². The monoisotopic (exact) mass is 402 g/mol. The summed E-state index contributed by atoms with van der Waals surface area (Å²) in [5, 5.41) is 0.444. The van der Waals surface area contributed by atoms with Crippen LogP contribution in [0.25, 0.3) is 28.1 Å². The lowest BCUT2D eigenvalue weighted by molar-refractivity contribution is -0.0885. The Kier molecular flexibility index (Phi) is 4.63. The number of fused-ring (bicyclic) bond motifs is 1. The molecule has 0 amide bonds. The molecule has 0 aromatic carbocycles. The number of pyridine rings is 2. The van der Waals surface area contributed by atoms with Crippen LogP contribution in [0.1, 0.15) is 24.0 Å². The van der Waals surface area contributed by atoms with Gasteiger partial charge in [-0.25, -0.2) is 15.0 Å². The highest BCUT2D eigenvalue weighted by Crippen LogP contribution is 2.36. The molecule has 1 aliphatic rings. The number of aromatic nitrogens is 4. The summed E-state index contributed by atoms with van der Waals surface area (Å²) in [7, 11) is 0. The molecular formula is C20H14ClF3N4. The molecular weight excluding hydrogens is 389 g/mol. The summed E-state index contributed by atoms with van der Waals surface area (Å²) in [5.74, 6) is 0. The van der Waals surface area contributed by atoms with E-state index in [-0.39, 0.29) is 0 Å². The maximum absolute atomic E-state index is 13.1. The Balaban J connectivity index is 1.80. The number of alkyl halides is 3. The van der Waals surface area contributed by atoms with Crippen LogP contribution >= 0.6 is 11.6 Å². The average Bonchev–Trinajstić information content (AvgIpc) is 2.66. The zero-order valence-corrected chi connectivity index (χ0v) is 15.5. The van der Waals surface area contributed by atoms with E-state index in [2.05, 4.69) is 19.9 Å². The summed E-state index contributed by atoms with van der Waals surface area (Å²) in [6, 6.07) is 3.44. The normalized spacial score (nSPS) is 14.8. The highest BCUT2D eigenvalue weighted by atomic mass is 35.5. The highest BCUT2D eigenvalue weighted by Gasteiger charge is 2.33. The summed E-state index contributed by atoms with van der Waals surface area (Å²) >= 11 is 6.25. The van der Waals surface area contributed by atoms with E-state index in [4.69, 9.17) is 11.6 Å². The minimum Gasteiger partial charge on any atom is -0.253 e. The van der Waals surface area contributed by atoms with Crippen LogP contribution in [-0.2, 0) is 0 Å². The molecule has 8 heteroatoms. The van der Waals surface area contributed by atoms with Gasteiger partial charge in [0.15, 0.2) is 5.65 Å². The first kappa shape index (κ1) is 18.6. The lowest BCUT2D eigenvalue weighted by Crippen LogP contribution is -2.12. The van der Waals surface area contributed by atoms with Crippen LogP contribution in [0.3, 0.4) is 0 Å². The lowest BCUT2D eigenvalue weighted by atomic mass is 9.93. The van der Waals surface area contributed by atoms with Gasteiger partial charge in [0, 0.05) is 18.0 Å². The van der Waals surface area contributed by atoms with Crippen molar-refractivity contribution in [2.45, 2.75) is 25.9 Å². The molecule has 4 rings (SSSR count). The van der Waals surface area contributed by atoms with Gasteiger partial charge in [-0.05, 0) is 49.1 Å². The van der Waals surface area contributed by atoms with E-state index in [1.54, 1.807) is 18.3 Å². The van der Waals surface area contributed by atoms with E-state index in [1.807, 2.05) is 6.92 Å². The number of nitrogens with zero attached hydrogens (tertiary/aromatic N) is 4. The largest absolute Gasteiger partial charge is 0.416 e. The van der Waals surface area contributed by atoms with Gasteiger partial charge in [-0.15, -0.1) is 0 Å². The van der Waals surface area contributed by atoms with Crippen molar-refractivity contribution in [3.05, 3.63) is 64.6 Å². The molecule has 0 N–H and O–H groups in total. The number of hydrogen-bond acceptors (Lipinski definition) is 4. The zero-order valence-electron chi connectivity index (χ0n) is 14.8. The van der Waals surface area contributed by atoms with Gasteiger partial charge in [-0.2, -0.15) is 13.2 Å². The Bertz CT molecular complexity index is 1140. The standard InChI is InChI=1S/C20H14ClF3N4/c1-11-7-15(21)18(26-9-11)16-10-27-17-14(5-6-25-19(17)28-16)12-3-2-4-13(8-12)20(22,23)24/h4-10H,2-3H2,1H3. The molecule has 0 bridgehead atoms. The van der Waals surface area contributed by atoms with E-state index in [9.17, 15) is 13.2 Å². The first-order valence-corrected chi connectivity index (χ1v) is 8.93. The summed E-state index contributed by atoms with van der Waals surface area (Å²) in [5.41, 5.74) is 3.16. The number of rotatable bonds is 2. The average molecular weight is 403 g/mol. The molecule has 142 valence electrons. The van der Waals surface area contributed by atoms with Crippen LogP contribution in [0.4, 0.5) is 13.2 Å². The minimum atomic E-state index is -4.37. The quantitative estimate of drug-likeness (QED) is 0.550. The predicted octanol–water partition coefficient (Wildman–Crippen LogP) is 5.71. The highest BCUT2D eigenvalue weighted by molar-refractivity contribution is 6.33. The maximum Gasteiger partial charge on any atom is 0.416 e. The summed E-state index contributed by atoms with van der Waals surface area (Å²) in [4.78, 5) is 17.4. The van der Waals surface area contributed by atoms with Crippen LogP contribution < -0.4 is 0 Å². The van der Waals surface area contributed by atoms with Crippen LogP contribution in [0.15, 0.2) is 48.4 Å². The Morgan fingerprint density at radius 2 is 1.93 bits per heavy atom. The Hall–Kier alpha value is -2.80. The molecule has 1 aliphatic carbocycles. The molecule has 0 unspecified atom stereocenters. The van der Waals surface area contributed by atoms with E-state index >= 15 is 0 Å². The number of halogens is 4. The van der Waals surface area contributed by atoms with E-state index in [0.29, 0.717) is 51.6 Å². The van der Waals surface area contributed by atoms with Crippen LogP contribution in [0.5, 0.6) is 0 Å². The maximum atomic E-state index is 13.1. The topological polar surface area (TPSA) is 51.6 Å². The third kappa shape index (κ3) is 3.49. The molecule has 0 aliphatic heterocycles. The third-order valence-electron chi connectivity index (χ3n) is 4.45. The van der Waals surface area contributed by atoms with E-state index < -0.39 is 11.7 Å². The van der Waals surface area contributed by atoms with Crippen molar-refractivity contribution in [2.24, 2.45) is 0 Å². The van der Waals surface area contributed by atoms with Crippen molar-refractivity contribution in [3.63, 3.8) is 0 Å².